The minimum Gasteiger partial charge on any atom is -0.443 e. The maximum Gasteiger partial charge on any atom is 0.414 e. The Balaban J connectivity index is 1.80. The normalized spacial score (nSPS) is 19.9. The molecule has 0 atom stereocenters. The number of aryl methyl sites for hydroxylation is 1. The molecule has 1 fully saturated rings. The first-order chi connectivity index (χ1) is 10.4. The monoisotopic (exact) mass is 305 g/mol. The maximum atomic E-state index is 12.4. The third-order valence-electron chi connectivity index (χ3n) is 4.44. The van der Waals surface area contributed by atoms with Gasteiger partial charge in [-0.25, -0.2) is 4.79 Å². The van der Waals surface area contributed by atoms with Crippen LogP contribution in [0.2, 0.25) is 0 Å². The summed E-state index contributed by atoms with van der Waals surface area (Å²) in [5.74, 6) is 0. The van der Waals surface area contributed by atoms with Crippen molar-refractivity contribution in [3.05, 3.63) is 11.9 Å². The van der Waals surface area contributed by atoms with Gasteiger partial charge in [-0.2, -0.15) is 5.10 Å². The van der Waals surface area contributed by atoms with E-state index < -0.39 is 5.60 Å². The molecule has 1 aromatic rings. The number of hydrogen-bond acceptors (Lipinski definition) is 3. The number of carbonyl (C=O) groups excluding carboxylic acids is 1. The third-order valence-corrected chi connectivity index (χ3v) is 4.44. The highest BCUT2D eigenvalue weighted by Gasteiger charge is 2.30. The van der Waals surface area contributed by atoms with Crippen LogP contribution in [0.15, 0.2) is 6.20 Å². The Kier molecular flexibility index (Phi) is 4.15. The van der Waals surface area contributed by atoms with Crippen LogP contribution >= 0.6 is 0 Å². The van der Waals surface area contributed by atoms with Gasteiger partial charge in [0.1, 0.15) is 5.60 Å². The van der Waals surface area contributed by atoms with E-state index >= 15 is 0 Å². The average Bonchev–Trinajstić information content (AvgIpc) is 2.90. The van der Waals surface area contributed by atoms with Crippen LogP contribution in [0.25, 0.3) is 0 Å². The van der Waals surface area contributed by atoms with E-state index in [4.69, 9.17) is 9.84 Å². The molecule has 1 aliphatic carbocycles. The van der Waals surface area contributed by atoms with Crippen LogP contribution in [0.1, 0.15) is 71.0 Å². The Morgan fingerprint density at radius 3 is 2.64 bits per heavy atom. The van der Waals surface area contributed by atoms with Crippen molar-refractivity contribution >= 4 is 11.8 Å². The van der Waals surface area contributed by atoms with Gasteiger partial charge in [0.2, 0.25) is 0 Å². The van der Waals surface area contributed by atoms with E-state index in [0.29, 0.717) is 6.04 Å². The molecule has 0 bridgehead atoms. The van der Waals surface area contributed by atoms with Crippen LogP contribution in [-0.4, -0.2) is 28.0 Å². The molecule has 0 radical (unpaired) electrons. The lowest BCUT2D eigenvalue weighted by molar-refractivity contribution is 0.0578. The minimum absolute atomic E-state index is 0.253. The van der Waals surface area contributed by atoms with Gasteiger partial charge in [0.25, 0.3) is 0 Å². The summed E-state index contributed by atoms with van der Waals surface area (Å²) in [7, 11) is 0. The van der Waals surface area contributed by atoms with Crippen molar-refractivity contribution in [1.29, 1.82) is 0 Å². The fourth-order valence-corrected chi connectivity index (χ4v) is 3.39. The SMILES string of the molecule is CC(C)(C)OC(=O)N1CCCc2nn(C3CCCCC3)cc21. The molecule has 0 N–H and O–H groups in total. The molecule has 1 aromatic heterocycles. The Hall–Kier alpha value is -1.52. The van der Waals surface area contributed by atoms with E-state index in [0.717, 1.165) is 30.8 Å². The summed E-state index contributed by atoms with van der Waals surface area (Å²) >= 11 is 0. The first-order valence-electron chi connectivity index (χ1n) is 8.52. The Labute approximate surface area is 132 Å². The van der Waals surface area contributed by atoms with Gasteiger partial charge < -0.3 is 4.74 Å². The molecule has 1 amide bonds. The highest BCUT2D eigenvalue weighted by Crippen LogP contribution is 2.33. The first kappa shape index (κ1) is 15.4. The lowest BCUT2D eigenvalue weighted by atomic mass is 9.96. The number of aromatic nitrogens is 2. The predicted molar refractivity (Wildman–Crippen MR) is 86.3 cm³/mol. The molecule has 1 saturated carbocycles. The molecule has 0 aromatic carbocycles. The highest BCUT2D eigenvalue weighted by atomic mass is 16.6. The Bertz CT molecular complexity index is 539. The van der Waals surface area contributed by atoms with Gasteiger partial charge in [-0.15, -0.1) is 0 Å². The van der Waals surface area contributed by atoms with E-state index in [2.05, 4.69) is 10.9 Å². The molecule has 0 spiro atoms. The molecule has 122 valence electrons. The van der Waals surface area contributed by atoms with Crippen LogP contribution in [0, 0.1) is 0 Å². The molecular weight excluding hydrogens is 278 g/mol. The Morgan fingerprint density at radius 2 is 1.95 bits per heavy atom. The number of rotatable bonds is 1. The average molecular weight is 305 g/mol. The molecule has 0 unspecified atom stereocenters. The molecule has 0 saturated heterocycles. The van der Waals surface area contributed by atoms with E-state index in [1.807, 2.05) is 20.8 Å². The zero-order chi connectivity index (χ0) is 15.7. The van der Waals surface area contributed by atoms with Crippen molar-refractivity contribution in [1.82, 2.24) is 9.78 Å². The largest absolute Gasteiger partial charge is 0.443 e. The lowest BCUT2D eigenvalue weighted by Crippen LogP contribution is -2.39. The molecule has 5 heteroatoms. The second-order valence-corrected chi connectivity index (χ2v) is 7.47. The van der Waals surface area contributed by atoms with E-state index in [1.54, 1.807) is 4.90 Å². The van der Waals surface area contributed by atoms with E-state index in [-0.39, 0.29) is 6.09 Å². The zero-order valence-corrected chi connectivity index (χ0v) is 14.0. The number of hydrogen-bond donors (Lipinski definition) is 0. The van der Waals surface area contributed by atoms with Crippen molar-refractivity contribution in [3.8, 4) is 0 Å². The van der Waals surface area contributed by atoms with Crippen molar-refractivity contribution in [2.75, 3.05) is 11.4 Å². The van der Waals surface area contributed by atoms with Crippen LogP contribution in [-0.2, 0) is 11.2 Å². The quantitative estimate of drug-likeness (QED) is 0.785. The summed E-state index contributed by atoms with van der Waals surface area (Å²) in [4.78, 5) is 14.2. The highest BCUT2D eigenvalue weighted by molar-refractivity contribution is 5.89. The first-order valence-corrected chi connectivity index (χ1v) is 8.52. The molecule has 2 heterocycles. The number of amides is 1. The van der Waals surface area contributed by atoms with E-state index in [1.165, 1.54) is 32.1 Å². The molecular formula is C17H27N3O2. The number of nitrogens with zero attached hydrogens (tertiary/aromatic N) is 3. The van der Waals surface area contributed by atoms with Gasteiger partial charge in [-0.3, -0.25) is 9.58 Å². The summed E-state index contributed by atoms with van der Waals surface area (Å²) in [6.45, 7) is 6.43. The van der Waals surface area contributed by atoms with Gasteiger partial charge in [-0.1, -0.05) is 19.3 Å². The van der Waals surface area contributed by atoms with Crippen LogP contribution in [0.3, 0.4) is 0 Å². The van der Waals surface area contributed by atoms with Crippen LogP contribution in [0.4, 0.5) is 10.5 Å². The third kappa shape index (κ3) is 3.28. The smallest absolute Gasteiger partial charge is 0.414 e. The predicted octanol–water partition coefficient (Wildman–Crippen LogP) is 4.08. The number of carbonyl (C=O) groups is 1. The van der Waals surface area contributed by atoms with Gasteiger partial charge in [0.05, 0.1) is 17.4 Å². The van der Waals surface area contributed by atoms with Crippen molar-refractivity contribution in [2.24, 2.45) is 0 Å². The molecule has 3 rings (SSSR count). The topological polar surface area (TPSA) is 47.4 Å². The van der Waals surface area contributed by atoms with Crippen LogP contribution in [0.5, 0.6) is 0 Å². The minimum atomic E-state index is -0.464. The van der Waals surface area contributed by atoms with Gasteiger partial charge in [0.15, 0.2) is 0 Å². The number of anilines is 1. The van der Waals surface area contributed by atoms with Gasteiger partial charge in [0, 0.05) is 12.7 Å². The molecule has 5 nitrogen and oxygen atoms in total. The van der Waals surface area contributed by atoms with Crippen molar-refractivity contribution in [2.45, 2.75) is 77.4 Å². The van der Waals surface area contributed by atoms with Gasteiger partial charge >= 0.3 is 6.09 Å². The summed E-state index contributed by atoms with van der Waals surface area (Å²) < 4.78 is 7.64. The number of fused-ring (bicyclic) bond motifs is 1. The fourth-order valence-electron chi connectivity index (χ4n) is 3.39. The van der Waals surface area contributed by atoms with Crippen molar-refractivity contribution in [3.63, 3.8) is 0 Å². The van der Waals surface area contributed by atoms with Crippen LogP contribution < -0.4 is 4.90 Å². The van der Waals surface area contributed by atoms with Gasteiger partial charge in [-0.05, 0) is 46.5 Å². The fraction of sp³-hybridized carbons (Fsp3) is 0.765. The molecule has 22 heavy (non-hydrogen) atoms. The number of ether oxygens (including phenoxy) is 1. The summed E-state index contributed by atoms with van der Waals surface area (Å²) in [5, 5.41) is 4.77. The van der Waals surface area contributed by atoms with E-state index in [9.17, 15) is 4.79 Å². The summed E-state index contributed by atoms with van der Waals surface area (Å²) in [5.41, 5.74) is 1.53. The Morgan fingerprint density at radius 1 is 1.23 bits per heavy atom. The maximum absolute atomic E-state index is 12.4. The lowest BCUT2D eigenvalue weighted by Gasteiger charge is -2.29. The second-order valence-electron chi connectivity index (χ2n) is 7.47. The summed E-state index contributed by atoms with van der Waals surface area (Å²) in [6.07, 6.45) is 10.0. The second kappa shape index (κ2) is 5.94. The standard InChI is InChI=1S/C17H27N3O2/c1-17(2,3)22-16(21)19-11-7-10-14-15(19)12-20(18-14)13-8-5-4-6-9-13/h12-13H,4-11H2,1-3H3. The zero-order valence-electron chi connectivity index (χ0n) is 14.0. The van der Waals surface area contributed by atoms with Crippen molar-refractivity contribution < 1.29 is 9.53 Å². The summed E-state index contributed by atoms with van der Waals surface area (Å²) in [6, 6.07) is 0.500. The molecule has 1 aliphatic heterocycles. The molecule has 2 aliphatic rings.